The maximum Gasteiger partial charge on any atom is 0.248 e. The number of nitrogens with one attached hydrogen (secondary N) is 1. The van der Waals surface area contributed by atoms with Crippen molar-refractivity contribution in [3.8, 4) is 0 Å². The predicted octanol–water partition coefficient (Wildman–Crippen LogP) is 0.959. The van der Waals surface area contributed by atoms with E-state index in [9.17, 15) is 18.8 Å². The van der Waals surface area contributed by atoms with E-state index in [1.165, 1.54) is 25.3 Å². The molecule has 8 heteroatoms. The number of fused-ring (bicyclic) bond motifs is 1. The SMILES string of the molecule is COCC(=O)N1CCCN(C(=O)[C@@H]2CC(=O)Nc3ccc(F)cc32)CC1. The Morgan fingerprint density at radius 3 is 2.73 bits per heavy atom. The molecule has 1 aromatic rings. The molecule has 1 N–H and O–H groups in total. The summed E-state index contributed by atoms with van der Waals surface area (Å²) >= 11 is 0. The lowest BCUT2D eigenvalue weighted by molar-refractivity contribution is -0.137. The summed E-state index contributed by atoms with van der Waals surface area (Å²) < 4.78 is 18.5. The highest BCUT2D eigenvalue weighted by molar-refractivity contribution is 6.01. The van der Waals surface area contributed by atoms with Crippen molar-refractivity contribution in [1.29, 1.82) is 0 Å². The number of ether oxygens (including phenoxy) is 1. The first-order chi connectivity index (χ1) is 12.5. The number of nitrogens with zero attached hydrogens (tertiary/aromatic N) is 2. The third-order valence-electron chi connectivity index (χ3n) is 4.78. The molecule has 1 atom stereocenters. The van der Waals surface area contributed by atoms with E-state index in [4.69, 9.17) is 4.74 Å². The van der Waals surface area contributed by atoms with Crippen LogP contribution in [0.25, 0.3) is 0 Å². The van der Waals surface area contributed by atoms with Gasteiger partial charge in [0.15, 0.2) is 0 Å². The first-order valence-corrected chi connectivity index (χ1v) is 8.64. The molecule has 2 aliphatic heterocycles. The highest BCUT2D eigenvalue weighted by Crippen LogP contribution is 2.34. The molecule has 2 aliphatic rings. The minimum Gasteiger partial charge on any atom is -0.375 e. The Hall–Kier alpha value is -2.48. The molecular formula is C18H22FN3O4. The van der Waals surface area contributed by atoms with Crippen molar-refractivity contribution >= 4 is 23.4 Å². The van der Waals surface area contributed by atoms with E-state index in [1.807, 2.05) is 0 Å². The molecule has 1 aromatic carbocycles. The fourth-order valence-corrected chi connectivity index (χ4v) is 3.48. The van der Waals surface area contributed by atoms with Crippen LogP contribution in [0.5, 0.6) is 0 Å². The number of amides is 3. The standard InChI is InChI=1S/C18H22FN3O4/c1-26-11-17(24)21-5-2-6-22(8-7-21)18(25)14-10-16(23)20-15-4-3-12(19)9-13(14)15/h3-4,9,14H,2,5-8,10-11H2,1H3,(H,20,23)/t14-/m1/s1. The Labute approximate surface area is 151 Å². The van der Waals surface area contributed by atoms with Gasteiger partial charge >= 0.3 is 0 Å². The average Bonchev–Trinajstić information content (AvgIpc) is 2.87. The molecule has 0 aliphatic carbocycles. The van der Waals surface area contributed by atoms with Crippen molar-refractivity contribution in [2.24, 2.45) is 0 Å². The number of hydrogen-bond donors (Lipinski definition) is 1. The maximum absolute atomic E-state index is 13.7. The third-order valence-corrected chi connectivity index (χ3v) is 4.78. The molecule has 0 aromatic heterocycles. The summed E-state index contributed by atoms with van der Waals surface area (Å²) in [7, 11) is 1.47. The third kappa shape index (κ3) is 3.85. The van der Waals surface area contributed by atoms with Crippen LogP contribution in [0.15, 0.2) is 18.2 Å². The normalized spacial score (nSPS) is 20.2. The molecule has 7 nitrogen and oxygen atoms in total. The number of carbonyl (C=O) groups excluding carboxylic acids is 3. The lowest BCUT2D eigenvalue weighted by Gasteiger charge is -2.30. The Kier molecular flexibility index (Phi) is 5.51. The summed E-state index contributed by atoms with van der Waals surface area (Å²) in [5.74, 6) is -1.70. The van der Waals surface area contributed by atoms with Crippen molar-refractivity contribution in [3.63, 3.8) is 0 Å². The second kappa shape index (κ2) is 7.82. The fourth-order valence-electron chi connectivity index (χ4n) is 3.48. The van der Waals surface area contributed by atoms with Crippen LogP contribution in [0.4, 0.5) is 10.1 Å². The maximum atomic E-state index is 13.7. The summed E-state index contributed by atoms with van der Waals surface area (Å²) in [5.41, 5.74) is 0.985. The molecule has 2 heterocycles. The molecule has 1 saturated heterocycles. The van der Waals surface area contributed by atoms with Crippen LogP contribution in [0.1, 0.15) is 24.3 Å². The summed E-state index contributed by atoms with van der Waals surface area (Å²) in [6, 6.07) is 4.05. The van der Waals surface area contributed by atoms with Crippen molar-refractivity contribution in [2.45, 2.75) is 18.8 Å². The van der Waals surface area contributed by atoms with E-state index in [-0.39, 0.29) is 30.7 Å². The van der Waals surface area contributed by atoms with Crippen molar-refractivity contribution in [3.05, 3.63) is 29.6 Å². The van der Waals surface area contributed by atoms with E-state index in [1.54, 1.807) is 9.80 Å². The van der Waals surface area contributed by atoms with Gasteiger partial charge in [0, 0.05) is 45.4 Å². The van der Waals surface area contributed by atoms with Crippen molar-refractivity contribution < 1.29 is 23.5 Å². The van der Waals surface area contributed by atoms with Gasteiger partial charge in [0.2, 0.25) is 17.7 Å². The second-order valence-corrected chi connectivity index (χ2v) is 6.53. The first kappa shape index (κ1) is 18.3. The molecule has 3 rings (SSSR count). The molecule has 0 spiro atoms. The van der Waals surface area contributed by atoms with Crippen LogP contribution in [0, 0.1) is 5.82 Å². The molecule has 0 unspecified atom stereocenters. The van der Waals surface area contributed by atoms with Gasteiger partial charge in [-0.05, 0) is 30.2 Å². The quantitative estimate of drug-likeness (QED) is 0.868. The zero-order chi connectivity index (χ0) is 18.7. The summed E-state index contributed by atoms with van der Waals surface area (Å²) in [6.45, 7) is 1.88. The van der Waals surface area contributed by atoms with Crippen LogP contribution in [-0.2, 0) is 19.1 Å². The number of halogens is 1. The van der Waals surface area contributed by atoms with Crippen LogP contribution >= 0.6 is 0 Å². The Morgan fingerprint density at radius 1 is 1.23 bits per heavy atom. The highest BCUT2D eigenvalue weighted by Gasteiger charge is 2.34. The molecule has 140 valence electrons. The zero-order valence-electron chi connectivity index (χ0n) is 14.7. The van der Waals surface area contributed by atoms with Crippen LogP contribution in [-0.4, -0.2) is 67.4 Å². The van der Waals surface area contributed by atoms with Gasteiger partial charge in [-0.25, -0.2) is 4.39 Å². The van der Waals surface area contributed by atoms with Crippen molar-refractivity contribution in [1.82, 2.24) is 9.80 Å². The summed E-state index contributed by atoms with van der Waals surface area (Å²) in [4.78, 5) is 40.3. The Morgan fingerprint density at radius 2 is 1.96 bits per heavy atom. The predicted molar refractivity (Wildman–Crippen MR) is 92.0 cm³/mol. The number of rotatable bonds is 3. The van der Waals surface area contributed by atoms with Gasteiger partial charge in [0.1, 0.15) is 12.4 Å². The van der Waals surface area contributed by atoms with Crippen LogP contribution in [0.3, 0.4) is 0 Å². The van der Waals surface area contributed by atoms with E-state index in [2.05, 4.69) is 5.32 Å². The van der Waals surface area contributed by atoms with Gasteiger partial charge in [-0.15, -0.1) is 0 Å². The smallest absolute Gasteiger partial charge is 0.248 e. The summed E-state index contributed by atoms with van der Waals surface area (Å²) in [6.07, 6.45) is 0.647. The molecule has 3 amide bonds. The minimum atomic E-state index is -0.698. The number of carbonyl (C=O) groups is 3. The first-order valence-electron chi connectivity index (χ1n) is 8.64. The zero-order valence-corrected chi connectivity index (χ0v) is 14.7. The largest absolute Gasteiger partial charge is 0.375 e. The van der Waals surface area contributed by atoms with Gasteiger partial charge in [-0.3, -0.25) is 14.4 Å². The highest BCUT2D eigenvalue weighted by atomic mass is 19.1. The lowest BCUT2D eigenvalue weighted by atomic mass is 9.89. The van der Waals surface area contributed by atoms with Crippen LogP contribution in [0.2, 0.25) is 0 Å². The van der Waals surface area contributed by atoms with Gasteiger partial charge in [-0.2, -0.15) is 0 Å². The molecule has 1 fully saturated rings. The van der Waals surface area contributed by atoms with Gasteiger partial charge in [-0.1, -0.05) is 0 Å². The molecule has 0 radical (unpaired) electrons. The van der Waals surface area contributed by atoms with Gasteiger partial charge < -0.3 is 19.9 Å². The average molecular weight is 363 g/mol. The van der Waals surface area contributed by atoms with Gasteiger partial charge in [0.05, 0.1) is 5.92 Å². The number of benzene rings is 1. The van der Waals surface area contributed by atoms with Gasteiger partial charge in [0.25, 0.3) is 0 Å². The monoisotopic (exact) mass is 363 g/mol. The van der Waals surface area contributed by atoms with E-state index >= 15 is 0 Å². The summed E-state index contributed by atoms with van der Waals surface area (Å²) in [5, 5.41) is 2.68. The minimum absolute atomic E-state index is 0.00188. The second-order valence-electron chi connectivity index (χ2n) is 6.53. The van der Waals surface area contributed by atoms with E-state index < -0.39 is 11.7 Å². The van der Waals surface area contributed by atoms with Crippen LogP contribution < -0.4 is 5.32 Å². The van der Waals surface area contributed by atoms with E-state index in [0.717, 1.165) is 0 Å². The lowest BCUT2D eigenvalue weighted by Crippen LogP contribution is -2.41. The Bertz CT molecular complexity index is 724. The van der Waals surface area contributed by atoms with Crippen molar-refractivity contribution in [2.75, 3.05) is 45.2 Å². The fraction of sp³-hybridized carbons (Fsp3) is 0.500. The molecule has 0 bridgehead atoms. The number of methoxy groups -OCH3 is 1. The van der Waals surface area contributed by atoms with E-state index in [0.29, 0.717) is 43.9 Å². The Balaban J connectivity index is 1.74. The molecular weight excluding hydrogens is 341 g/mol. The molecule has 26 heavy (non-hydrogen) atoms. The molecule has 0 saturated carbocycles. The number of anilines is 1. The topological polar surface area (TPSA) is 79.0 Å². The number of hydrogen-bond acceptors (Lipinski definition) is 4.